The van der Waals surface area contributed by atoms with E-state index >= 15 is 0 Å². The minimum Gasteiger partial charge on any atom is -0.345 e. The zero-order valence-electron chi connectivity index (χ0n) is 12.6. The van der Waals surface area contributed by atoms with Gasteiger partial charge in [0.2, 0.25) is 11.8 Å². The Labute approximate surface area is 120 Å². The molecule has 5 nitrogen and oxygen atoms in total. The maximum atomic E-state index is 12.0. The molecule has 0 saturated carbocycles. The molecule has 0 aliphatic rings. The largest absolute Gasteiger partial charge is 0.345 e. The van der Waals surface area contributed by atoms with Gasteiger partial charge in [0.15, 0.2) is 0 Å². The quantitative estimate of drug-likeness (QED) is 0.826. The summed E-state index contributed by atoms with van der Waals surface area (Å²) in [5, 5.41) is 5.74. The predicted molar refractivity (Wildman–Crippen MR) is 80.6 cm³/mol. The number of hydrogen-bond donors (Lipinski definition) is 2. The highest BCUT2D eigenvalue weighted by molar-refractivity contribution is 5.94. The van der Waals surface area contributed by atoms with Crippen LogP contribution in [0.3, 0.4) is 0 Å². The molecule has 1 aromatic rings. The van der Waals surface area contributed by atoms with Crippen molar-refractivity contribution in [3.63, 3.8) is 0 Å². The Hall–Kier alpha value is -1.88. The molecule has 2 N–H and O–H groups in total. The Morgan fingerprint density at radius 2 is 1.85 bits per heavy atom. The van der Waals surface area contributed by atoms with E-state index in [1.54, 1.807) is 18.9 Å². The second-order valence-electron chi connectivity index (χ2n) is 4.87. The molecule has 0 heterocycles. The lowest BCUT2D eigenvalue weighted by Crippen LogP contribution is -2.44. The molecule has 0 radical (unpaired) electrons. The smallest absolute Gasteiger partial charge is 0.241 e. The standard InChI is InChI=1S/C15H23N3O2/c1-5-18(4)14(19)10-16-12(3)15(20)17-13-8-6-11(2)7-9-13/h6-9,12,16H,5,10H2,1-4H3,(H,17,20). The van der Waals surface area contributed by atoms with E-state index in [2.05, 4.69) is 10.6 Å². The first kappa shape index (κ1) is 16.2. The SMILES string of the molecule is CCN(C)C(=O)CNC(C)C(=O)Nc1ccc(C)cc1. The van der Waals surface area contributed by atoms with E-state index in [0.29, 0.717) is 6.54 Å². The fourth-order valence-corrected chi connectivity index (χ4v) is 1.53. The Morgan fingerprint density at radius 1 is 1.25 bits per heavy atom. The molecule has 0 bridgehead atoms. The topological polar surface area (TPSA) is 61.4 Å². The summed E-state index contributed by atoms with van der Waals surface area (Å²) in [5.41, 5.74) is 1.90. The number of nitrogens with zero attached hydrogens (tertiary/aromatic N) is 1. The van der Waals surface area contributed by atoms with Gasteiger partial charge in [-0.05, 0) is 32.9 Å². The monoisotopic (exact) mass is 277 g/mol. The molecule has 2 amide bonds. The normalized spacial score (nSPS) is 11.8. The second-order valence-corrected chi connectivity index (χ2v) is 4.87. The average molecular weight is 277 g/mol. The summed E-state index contributed by atoms with van der Waals surface area (Å²) in [6.45, 7) is 6.46. The Kier molecular flexibility index (Phi) is 6.18. The van der Waals surface area contributed by atoms with Crippen LogP contribution >= 0.6 is 0 Å². The zero-order chi connectivity index (χ0) is 15.1. The molecule has 1 rings (SSSR count). The first-order valence-electron chi connectivity index (χ1n) is 6.79. The molecule has 0 aromatic heterocycles. The van der Waals surface area contributed by atoms with Crippen LogP contribution in [0.5, 0.6) is 0 Å². The van der Waals surface area contributed by atoms with Crippen molar-refractivity contribution in [2.75, 3.05) is 25.5 Å². The van der Waals surface area contributed by atoms with Crippen molar-refractivity contribution in [3.05, 3.63) is 29.8 Å². The number of aryl methyl sites for hydroxylation is 1. The number of benzene rings is 1. The van der Waals surface area contributed by atoms with Crippen LogP contribution in [0.2, 0.25) is 0 Å². The number of anilines is 1. The molecule has 0 spiro atoms. The Morgan fingerprint density at radius 3 is 2.40 bits per heavy atom. The van der Waals surface area contributed by atoms with Crippen LogP contribution in [-0.4, -0.2) is 42.9 Å². The van der Waals surface area contributed by atoms with E-state index in [4.69, 9.17) is 0 Å². The predicted octanol–water partition coefficient (Wildman–Crippen LogP) is 1.39. The average Bonchev–Trinajstić information content (AvgIpc) is 2.45. The van der Waals surface area contributed by atoms with Crippen LogP contribution in [0, 0.1) is 6.92 Å². The minimum atomic E-state index is -0.425. The third kappa shape index (κ3) is 5.01. The third-order valence-electron chi connectivity index (χ3n) is 3.17. The number of carbonyl (C=O) groups excluding carboxylic acids is 2. The summed E-state index contributed by atoms with van der Waals surface area (Å²) in [5.74, 6) is -0.178. The van der Waals surface area contributed by atoms with Crippen LogP contribution < -0.4 is 10.6 Å². The number of hydrogen-bond acceptors (Lipinski definition) is 3. The Bertz CT molecular complexity index is 457. The van der Waals surface area contributed by atoms with Gasteiger partial charge in [-0.15, -0.1) is 0 Å². The van der Waals surface area contributed by atoms with Crippen molar-refractivity contribution in [3.8, 4) is 0 Å². The molecule has 0 saturated heterocycles. The second kappa shape index (κ2) is 7.65. The molecule has 0 aliphatic carbocycles. The number of likely N-dealkylation sites (N-methyl/N-ethyl adjacent to an activating group) is 1. The van der Waals surface area contributed by atoms with E-state index in [1.807, 2.05) is 38.1 Å². The summed E-state index contributed by atoms with van der Waals surface area (Å²) in [6, 6.07) is 7.16. The molecule has 20 heavy (non-hydrogen) atoms. The number of carbonyl (C=O) groups is 2. The van der Waals surface area contributed by atoms with Crippen molar-refractivity contribution < 1.29 is 9.59 Å². The lowest BCUT2D eigenvalue weighted by molar-refractivity contribution is -0.129. The van der Waals surface area contributed by atoms with E-state index in [1.165, 1.54) is 0 Å². The molecule has 110 valence electrons. The highest BCUT2D eigenvalue weighted by atomic mass is 16.2. The Balaban J connectivity index is 2.43. The minimum absolute atomic E-state index is 0.0255. The summed E-state index contributed by atoms with van der Waals surface area (Å²) >= 11 is 0. The molecule has 1 aromatic carbocycles. The van der Waals surface area contributed by atoms with Crippen LogP contribution in [-0.2, 0) is 9.59 Å². The van der Waals surface area contributed by atoms with Gasteiger partial charge < -0.3 is 10.2 Å². The van der Waals surface area contributed by atoms with Crippen molar-refractivity contribution in [1.29, 1.82) is 0 Å². The molecular formula is C15H23N3O2. The van der Waals surface area contributed by atoms with Gasteiger partial charge in [-0.1, -0.05) is 17.7 Å². The van der Waals surface area contributed by atoms with E-state index in [0.717, 1.165) is 11.3 Å². The number of rotatable bonds is 6. The van der Waals surface area contributed by atoms with E-state index in [9.17, 15) is 9.59 Å². The van der Waals surface area contributed by atoms with Crippen molar-refractivity contribution in [2.24, 2.45) is 0 Å². The van der Waals surface area contributed by atoms with Crippen molar-refractivity contribution in [1.82, 2.24) is 10.2 Å². The molecule has 1 atom stereocenters. The van der Waals surface area contributed by atoms with Gasteiger partial charge in [-0.2, -0.15) is 0 Å². The van der Waals surface area contributed by atoms with Gasteiger partial charge in [0.25, 0.3) is 0 Å². The van der Waals surface area contributed by atoms with Gasteiger partial charge in [0, 0.05) is 19.3 Å². The van der Waals surface area contributed by atoms with Crippen LogP contribution in [0.1, 0.15) is 19.4 Å². The van der Waals surface area contributed by atoms with Crippen LogP contribution in [0.15, 0.2) is 24.3 Å². The van der Waals surface area contributed by atoms with Gasteiger partial charge >= 0.3 is 0 Å². The summed E-state index contributed by atoms with van der Waals surface area (Å²) in [6.07, 6.45) is 0. The summed E-state index contributed by atoms with van der Waals surface area (Å²) < 4.78 is 0. The fourth-order valence-electron chi connectivity index (χ4n) is 1.53. The summed E-state index contributed by atoms with van der Waals surface area (Å²) in [4.78, 5) is 25.2. The van der Waals surface area contributed by atoms with Crippen LogP contribution in [0.4, 0.5) is 5.69 Å². The lowest BCUT2D eigenvalue weighted by atomic mass is 10.2. The van der Waals surface area contributed by atoms with E-state index < -0.39 is 6.04 Å². The highest BCUT2D eigenvalue weighted by Crippen LogP contribution is 2.08. The van der Waals surface area contributed by atoms with Crippen molar-refractivity contribution in [2.45, 2.75) is 26.8 Å². The molecule has 0 fully saturated rings. The number of amides is 2. The third-order valence-corrected chi connectivity index (χ3v) is 3.17. The van der Waals surface area contributed by atoms with Gasteiger partial charge in [0.1, 0.15) is 0 Å². The molecular weight excluding hydrogens is 254 g/mol. The fraction of sp³-hybridized carbons (Fsp3) is 0.467. The first-order chi connectivity index (χ1) is 9.43. The van der Waals surface area contributed by atoms with E-state index in [-0.39, 0.29) is 18.4 Å². The summed E-state index contributed by atoms with van der Waals surface area (Å²) in [7, 11) is 1.74. The molecule has 5 heteroatoms. The highest BCUT2D eigenvalue weighted by Gasteiger charge is 2.15. The van der Waals surface area contributed by atoms with Gasteiger partial charge in [-0.3, -0.25) is 14.9 Å². The lowest BCUT2D eigenvalue weighted by Gasteiger charge is -2.18. The maximum absolute atomic E-state index is 12.0. The van der Waals surface area contributed by atoms with Gasteiger partial charge in [0.05, 0.1) is 12.6 Å². The molecule has 1 unspecified atom stereocenters. The van der Waals surface area contributed by atoms with Crippen molar-refractivity contribution >= 4 is 17.5 Å². The first-order valence-corrected chi connectivity index (χ1v) is 6.79. The zero-order valence-corrected chi connectivity index (χ0v) is 12.6. The van der Waals surface area contributed by atoms with Gasteiger partial charge in [-0.25, -0.2) is 0 Å². The maximum Gasteiger partial charge on any atom is 0.241 e. The van der Waals surface area contributed by atoms with Crippen LogP contribution in [0.25, 0.3) is 0 Å². The molecule has 0 aliphatic heterocycles. The number of nitrogens with one attached hydrogen (secondary N) is 2.